The smallest absolute Gasteiger partial charge is 0.310 e. The molecule has 92 valence electrons. The summed E-state index contributed by atoms with van der Waals surface area (Å²) in [4.78, 5) is 14.2. The number of methoxy groups -OCH3 is 1. The minimum atomic E-state index is -0.0186. The van der Waals surface area contributed by atoms with Crippen LogP contribution in [0.1, 0.15) is 39.5 Å². The molecule has 2 fully saturated rings. The topological polar surface area (TPSA) is 29.5 Å². The van der Waals surface area contributed by atoms with Crippen molar-refractivity contribution in [1.82, 2.24) is 4.90 Å². The minimum absolute atomic E-state index is 0.0186. The summed E-state index contributed by atoms with van der Waals surface area (Å²) in [5, 5.41) is 0. The molecular weight excluding hydrogens is 202 g/mol. The Labute approximate surface area is 98.1 Å². The Morgan fingerprint density at radius 3 is 2.38 bits per heavy atom. The summed E-state index contributed by atoms with van der Waals surface area (Å²) in [7, 11) is 1.50. The lowest BCUT2D eigenvalue weighted by molar-refractivity contribution is -0.164. The number of hydrogen-bond donors (Lipinski definition) is 0. The molecule has 16 heavy (non-hydrogen) atoms. The molecule has 0 unspecified atom stereocenters. The number of carbonyl (C=O) groups excluding carboxylic acids is 1. The van der Waals surface area contributed by atoms with Gasteiger partial charge in [0.05, 0.1) is 13.0 Å². The summed E-state index contributed by atoms with van der Waals surface area (Å²) < 4.78 is 4.90. The van der Waals surface area contributed by atoms with Crippen molar-refractivity contribution in [2.24, 2.45) is 11.3 Å². The van der Waals surface area contributed by atoms with Crippen molar-refractivity contribution in [3.05, 3.63) is 0 Å². The van der Waals surface area contributed by atoms with E-state index in [2.05, 4.69) is 18.7 Å². The van der Waals surface area contributed by atoms with Crippen molar-refractivity contribution in [3.63, 3.8) is 0 Å². The second-order valence-corrected chi connectivity index (χ2v) is 5.86. The first kappa shape index (κ1) is 11.9. The molecule has 0 aromatic rings. The molecule has 0 spiro atoms. The SMILES string of the molecule is COC(=O)[C@@H]1CC(C)(C)[C@@H]1N1CCCCC1. The number of rotatable bonds is 2. The van der Waals surface area contributed by atoms with Gasteiger partial charge in [-0.3, -0.25) is 9.69 Å². The van der Waals surface area contributed by atoms with E-state index in [4.69, 9.17) is 4.74 Å². The Balaban J connectivity index is 2.05. The zero-order valence-corrected chi connectivity index (χ0v) is 10.7. The maximum atomic E-state index is 11.7. The summed E-state index contributed by atoms with van der Waals surface area (Å²) >= 11 is 0. The van der Waals surface area contributed by atoms with Crippen LogP contribution in [0.4, 0.5) is 0 Å². The minimum Gasteiger partial charge on any atom is -0.469 e. The zero-order chi connectivity index (χ0) is 11.8. The van der Waals surface area contributed by atoms with Gasteiger partial charge in [-0.1, -0.05) is 20.3 Å². The lowest BCUT2D eigenvalue weighted by Crippen LogP contribution is -2.62. The van der Waals surface area contributed by atoms with Gasteiger partial charge in [-0.2, -0.15) is 0 Å². The van der Waals surface area contributed by atoms with Crippen LogP contribution < -0.4 is 0 Å². The molecule has 2 rings (SSSR count). The highest BCUT2D eigenvalue weighted by Gasteiger charge is 2.53. The molecule has 0 radical (unpaired) electrons. The maximum absolute atomic E-state index is 11.7. The number of carbonyl (C=O) groups is 1. The van der Waals surface area contributed by atoms with E-state index in [1.165, 1.54) is 26.4 Å². The van der Waals surface area contributed by atoms with Gasteiger partial charge in [0.1, 0.15) is 0 Å². The zero-order valence-electron chi connectivity index (χ0n) is 10.7. The Bertz CT molecular complexity index is 269. The summed E-state index contributed by atoms with van der Waals surface area (Å²) in [6, 6.07) is 0.403. The second kappa shape index (κ2) is 4.36. The summed E-state index contributed by atoms with van der Waals surface area (Å²) in [6.45, 7) is 6.85. The van der Waals surface area contributed by atoms with Gasteiger partial charge < -0.3 is 4.74 Å². The molecule has 0 aromatic carbocycles. The van der Waals surface area contributed by atoms with E-state index >= 15 is 0 Å². The van der Waals surface area contributed by atoms with Gasteiger partial charge >= 0.3 is 5.97 Å². The van der Waals surface area contributed by atoms with E-state index in [0.29, 0.717) is 6.04 Å². The van der Waals surface area contributed by atoms with Gasteiger partial charge in [0.15, 0.2) is 0 Å². The summed E-state index contributed by atoms with van der Waals surface area (Å²) in [6.07, 6.45) is 4.87. The first-order chi connectivity index (χ1) is 7.56. The van der Waals surface area contributed by atoms with Crippen molar-refractivity contribution < 1.29 is 9.53 Å². The van der Waals surface area contributed by atoms with Crippen LogP contribution in [0.3, 0.4) is 0 Å². The number of piperidine rings is 1. The van der Waals surface area contributed by atoms with Gasteiger partial charge in [0.25, 0.3) is 0 Å². The van der Waals surface area contributed by atoms with Crippen molar-refractivity contribution >= 4 is 5.97 Å². The molecule has 2 aliphatic rings. The van der Waals surface area contributed by atoms with Gasteiger partial charge in [-0.25, -0.2) is 0 Å². The van der Waals surface area contributed by atoms with Crippen LogP contribution in [0.15, 0.2) is 0 Å². The van der Waals surface area contributed by atoms with Crippen LogP contribution in [0.5, 0.6) is 0 Å². The van der Waals surface area contributed by atoms with Crippen LogP contribution in [-0.2, 0) is 9.53 Å². The third-order valence-electron chi connectivity index (χ3n) is 4.22. The summed E-state index contributed by atoms with van der Waals surface area (Å²) in [5.74, 6) is 0.0907. The number of esters is 1. The Morgan fingerprint density at radius 2 is 1.88 bits per heavy atom. The predicted octanol–water partition coefficient (Wildman–Crippen LogP) is 2.06. The van der Waals surface area contributed by atoms with Crippen LogP contribution >= 0.6 is 0 Å². The van der Waals surface area contributed by atoms with Crippen molar-refractivity contribution in [2.45, 2.75) is 45.6 Å². The molecule has 0 amide bonds. The van der Waals surface area contributed by atoms with Crippen LogP contribution in [0.25, 0.3) is 0 Å². The third kappa shape index (κ3) is 1.97. The monoisotopic (exact) mass is 225 g/mol. The van der Waals surface area contributed by atoms with E-state index < -0.39 is 0 Å². The fraction of sp³-hybridized carbons (Fsp3) is 0.923. The van der Waals surface area contributed by atoms with Gasteiger partial charge in [0.2, 0.25) is 0 Å². The highest BCUT2D eigenvalue weighted by atomic mass is 16.5. The molecule has 1 saturated heterocycles. The van der Waals surface area contributed by atoms with Crippen LogP contribution in [-0.4, -0.2) is 37.1 Å². The molecule has 2 atom stereocenters. The molecule has 1 heterocycles. The van der Waals surface area contributed by atoms with E-state index in [0.717, 1.165) is 19.5 Å². The predicted molar refractivity (Wildman–Crippen MR) is 63.1 cm³/mol. The van der Waals surface area contributed by atoms with Crippen LogP contribution in [0, 0.1) is 11.3 Å². The molecule has 3 nitrogen and oxygen atoms in total. The van der Waals surface area contributed by atoms with Crippen molar-refractivity contribution in [3.8, 4) is 0 Å². The fourth-order valence-corrected chi connectivity index (χ4v) is 3.49. The Morgan fingerprint density at radius 1 is 1.25 bits per heavy atom. The van der Waals surface area contributed by atoms with E-state index in [-0.39, 0.29) is 17.3 Å². The first-order valence-electron chi connectivity index (χ1n) is 6.38. The number of likely N-dealkylation sites (tertiary alicyclic amines) is 1. The largest absolute Gasteiger partial charge is 0.469 e. The quantitative estimate of drug-likeness (QED) is 0.674. The number of hydrogen-bond acceptors (Lipinski definition) is 3. The molecule has 0 aromatic heterocycles. The molecule has 0 N–H and O–H groups in total. The van der Waals surface area contributed by atoms with Gasteiger partial charge in [-0.15, -0.1) is 0 Å². The molecule has 1 saturated carbocycles. The Hall–Kier alpha value is -0.570. The average Bonchev–Trinajstić information content (AvgIpc) is 2.26. The lowest BCUT2D eigenvalue weighted by atomic mass is 9.59. The number of ether oxygens (including phenoxy) is 1. The van der Waals surface area contributed by atoms with E-state index in [1.807, 2.05) is 0 Å². The summed E-state index contributed by atoms with van der Waals surface area (Å²) in [5.41, 5.74) is 0.274. The molecule has 1 aliphatic heterocycles. The average molecular weight is 225 g/mol. The fourth-order valence-electron chi connectivity index (χ4n) is 3.49. The van der Waals surface area contributed by atoms with E-state index in [1.54, 1.807) is 0 Å². The normalized spacial score (nSPS) is 34.2. The molecule has 1 aliphatic carbocycles. The van der Waals surface area contributed by atoms with Crippen molar-refractivity contribution in [2.75, 3.05) is 20.2 Å². The Kier molecular flexibility index (Phi) is 3.24. The lowest BCUT2D eigenvalue weighted by Gasteiger charge is -2.55. The maximum Gasteiger partial charge on any atom is 0.310 e. The van der Waals surface area contributed by atoms with E-state index in [9.17, 15) is 4.79 Å². The van der Waals surface area contributed by atoms with Crippen molar-refractivity contribution in [1.29, 1.82) is 0 Å². The highest BCUT2D eigenvalue weighted by molar-refractivity contribution is 5.74. The first-order valence-corrected chi connectivity index (χ1v) is 6.38. The highest BCUT2D eigenvalue weighted by Crippen LogP contribution is 2.49. The molecule has 0 bridgehead atoms. The molecule has 3 heteroatoms. The number of nitrogens with zero attached hydrogens (tertiary/aromatic N) is 1. The third-order valence-corrected chi connectivity index (χ3v) is 4.22. The van der Waals surface area contributed by atoms with Crippen LogP contribution in [0.2, 0.25) is 0 Å². The van der Waals surface area contributed by atoms with Gasteiger partial charge in [-0.05, 0) is 37.8 Å². The second-order valence-electron chi connectivity index (χ2n) is 5.86. The standard InChI is InChI=1S/C13H23NO2/c1-13(2)9-10(12(15)16-3)11(13)14-7-5-4-6-8-14/h10-11H,4-9H2,1-3H3/t10-,11-/m1/s1. The molecular formula is C13H23NO2. The van der Waals surface area contributed by atoms with Gasteiger partial charge in [0, 0.05) is 6.04 Å².